The van der Waals surface area contributed by atoms with Gasteiger partial charge in [-0.15, -0.1) is 0 Å². The average Bonchev–Trinajstić information content (AvgIpc) is 2.45. The van der Waals surface area contributed by atoms with E-state index < -0.39 is 0 Å². The molecular formula is C18H31NO2. The van der Waals surface area contributed by atoms with E-state index in [2.05, 4.69) is 4.90 Å². The average molecular weight is 293 g/mol. The Bertz CT molecular complexity index is 329. The topological polar surface area (TPSA) is 32.7 Å². The van der Waals surface area contributed by atoms with Gasteiger partial charge in [-0.05, 0) is 82.2 Å². The molecule has 120 valence electrons. The van der Waals surface area contributed by atoms with Gasteiger partial charge in [0.1, 0.15) is 0 Å². The van der Waals surface area contributed by atoms with Crippen LogP contribution in [0.15, 0.2) is 0 Å². The van der Waals surface area contributed by atoms with E-state index >= 15 is 0 Å². The zero-order chi connectivity index (χ0) is 14.3. The van der Waals surface area contributed by atoms with Gasteiger partial charge in [0.15, 0.2) is 0 Å². The molecule has 1 N–H and O–H groups in total. The molecule has 0 aromatic rings. The van der Waals surface area contributed by atoms with E-state index in [1.807, 2.05) is 0 Å². The van der Waals surface area contributed by atoms with Crippen LogP contribution in [-0.2, 0) is 4.74 Å². The Hall–Kier alpha value is -0.120. The molecule has 0 amide bonds. The van der Waals surface area contributed by atoms with Gasteiger partial charge in [0.25, 0.3) is 0 Å². The molecule has 0 spiro atoms. The minimum Gasteiger partial charge on any atom is -0.389 e. The highest BCUT2D eigenvalue weighted by Crippen LogP contribution is 2.57. The molecule has 4 bridgehead atoms. The molecule has 1 heterocycles. The second-order valence-electron chi connectivity index (χ2n) is 8.43. The number of β-amino-alcohol motifs (C(OH)–C–C–N with tert-alkyl or cyclic N) is 1. The number of aliphatic hydroxyl groups is 1. The molecule has 5 rings (SSSR count). The van der Waals surface area contributed by atoms with Crippen LogP contribution in [-0.4, -0.2) is 48.0 Å². The van der Waals surface area contributed by atoms with Crippen molar-refractivity contribution in [3.8, 4) is 0 Å². The fourth-order valence-electron chi connectivity index (χ4n) is 5.97. The van der Waals surface area contributed by atoms with Gasteiger partial charge >= 0.3 is 0 Å². The normalized spacial score (nSPS) is 44.1. The Morgan fingerprint density at radius 2 is 1.52 bits per heavy atom. The Labute approximate surface area is 129 Å². The van der Waals surface area contributed by atoms with E-state index in [9.17, 15) is 5.11 Å². The first-order chi connectivity index (χ1) is 10.2. The standard InChI is InChI=1S/C18H31NO2/c20-17(12-19-4-2-1-3-5-19)13-21-18-9-14-6-15(10-18)8-16(7-14)11-18/h14-17,20H,1-13H2. The molecule has 5 aliphatic rings. The van der Waals surface area contributed by atoms with Crippen molar-refractivity contribution in [1.29, 1.82) is 0 Å². The quantitative estimate of drug-likeness (QED) is 0.846. The number of ether oxygens (including phenoxy) is 1. The molecular weight excluding hydrogens is 262 g/mol. The van der Waals surface area contributed by atoms with Crippen LogP contribution in [0.1, 0.15) is 57.8 Å². The molecule has 1 unspecified atom stereocenters. The first-order valence-electron chi connectivity index (χ1n) is 9.25. The number of hydrogen-bond acceptors (Lipinski definition) is 3. The van der Waals surface area contributed by atoms with Crippen LogP contribution in [0.3, 0.4) is 0 Å². The molecule has 4 aliphatic carbocycles. The van der Waals surface area contributed by atoms with E-state index in [1.165, 1.54) is 57.8 Å². The smallest absolute Gasteiger partial charge is 0.0900 e. The third kappa shape index (κ3) is 3.16. The highest BCUT2D eigenvalue weighted by molar-refractivity contribution is 5.03. The van der Waals surface area contributed by atoms with Crippen molar-refractivity contribution in [2.75, 3.05) is 26.2 Å². The molecule has 5 fully saturated rings. The highest BCUT2D eigenvalue weighted by atomic mass is 16.5. The van der Waals surface area contributed by atoms with E-state index in [0.717, 1.165) is 37.4 Å². The molecule has 1 atom stereocenters. The minimum absolute atomic E-state index is 0.150. The second-order valence-corrected chi connectivity index (χ2v) is 8.43. The number of piperidine rings is 1. The van der Waals surface area contributed by atoms with Crippen molar-refractivity contribution in [3.63, 3.8) is 0 Å². The number of nitrogens with zero attached hydrogens (tertiary/aromatic N) is 1. The summed E-state index contributed by atoms with van der Waals surface area (Å²) in [5, 5.41) is 10.3. The highest BCUT2D eigenvalue weighted by Gasteiger charge is 2.51. The van der Waals surface area contributed by atoms with Gasteiger partial charge in [-0.3, -0.25) is 0 Å². The second kappa shape index (κ2) is 5.82. The van der Waals surface area contributed by atoms with Gasteiger partial charge in [-0.2, -0.15) is 0 Å². The SMILES string of the molecule is OC(COC12CC3CC(CC(C3)C1)C2)CN1CCCCC1. The fraction of sp³-hybridized carbons (Fsp3) is 1.00. The van der Waals surface area contributed by atoms with Crippen molar-refractivity contribution < 1.29 is 9.84 Å². The summed E-state index contributed by atoms with van der Waals surface area (Å²) >= 11 is 0. The number of aliphatic hydroxyl groups excluding tert-OH is 1. The fourth-order valence-corrected chi connectivity index (χ4v) is 5.97. The van der Waals surface area contributed by atoms with Crippen LogP contribution < -0.4 is 0 Å². The molecule has 1 aliphatic heterocycles. The van der Waals surface area contributed by atoms with Crippen LogP contribution in [0.25, 0.3) is 0 Å². The van der Waals surface area contributed by atoms with E-state index in [4.69, 9.17) is 4.74 Å². The lowest BCUT2D eigenvalue weighted by atomic mass is 9.54. The summed E-state index contributed by atoms with van der Waals surface area (Å²) in [6.07, 6.45) is 11.8. The van der Waals surface area contributed by atoms with Crippen LogP contribution in [0, 0.1) is 17.8 Å². The number of hydrogen-bond donors (Lipinski definition) is 1. The van der Waals surface area contributed by atoms with Gasteiger partial charge < -0.3 is 14.7 Å². The van der Waals surface area contributed by atoms with Crippen LogP contribution in [0.4, 0.5) is 0 Å². The maximum absolute atomic E-state index is 10.3. The monoisotopic (exact) mass is 293 g/mol. The molecule has 21 heavy (non-hydrogen) atoms. The third-order valence-corrected chi connectivity index (χ3v) is 6.48. The van der Waals surface area contributed by atoms with Crippen molar-refractivity contribution in [2.24, 2.45) is 17.8 Å². The largest absolute Gasteiger partial charge is 0.389 e. The Balaban J connectivity index is 1.28. The lowest BCUT2D eigenvalue weighted by Gasteiger charge is -2.56. The van der Waals surface area contributed by atoms with Gasteiger partial charge in [-0.1, -0.05) is 6.42 Å². The van der Waals surface area contributed by atoms with Crippen molar-refractivity contribution in [2.45, 2.75) is 69.5 Å². The van der Waals surface area contributed by atoms with Gasteiger partial charge in [-0.25, -0.2) is 0 Å². The Kier molecular flexibility index (Phi) is 4.01. The molecule has 0 radical (unpaired) electrons. The van der Waals surface area contributed by atoms with Crippen molar-refractivity contribution >= 4 is 0 Å². The Morgan fingerprint density at radius 1 is 0.952 bits per heavy atom. The molecule has 1 saturated heterocycles. The maximum Gasteiger partial charge on any atom is 0.0900 e. The Morgan fingerprint density at radius 3 is 2.10 bits per heavy atom. The van der Waals surface area contributed by atoms with Crippen LogP contribution in [0.2, 0.25) is 0 Å². The lowest BCUT2D eigenvalue weighted by Crippen LogP contribution is -2.53. The van der Waals surface area contributed by atoms with Gasteiger partial charge in [0.05, 0.1) is 18.3 Å². The van der Waals surface area contributed by atoms with Gasteiger partial charge in [0, 0.05) is 6.54 Å². The van der Waals surface area contributed by atoms with E-state index in [1.54, 1.807) is 0 Å². The minimum atomic E-state index is -0.295. The predicted octanol–water partition coefficient (Wildman–Crippen LogP) is 2.82. The van der Waals surface area contributed by atoms with E-state index in [-0.39, 0.29) is 11.7 Å². The summed E-state index contributed by atoms with van der Waals surface area (Å²) in [5.41, 5.74) is 0.150. The first-order valence-corrected chi connectivity index (χ1v) is 9.25. The molecule has 4 saturated carbocycles. The third-order valence-electron chi connectivity index (χ3n) is 6.48. The summed E-state index contributed by atoms with van der Waals surface area (Å²) < 4.78 is 6.37. The molecule has 0 aromatic carbocycles. The summed E-state index contributed by atoms with van der Waals surface area (Å²) in [5.74, 6) is 2.78. The maximum atomic E-state index is 10.3. The zero-order valence-electron chi connectivity index (χ0n) is 13.3. The molecule has 3 nitrogen and oxygen atoms in total. The summed E-state index contributed by atoms with van der Waals surface area (Å²) in [6.45, 7) is 3.69. The molecule has 3 heteroatoms. The van der Waals surface area contributed by atoms with Gasteiger partial charge in [0.2, 0.25) is 0 Å². The summed E-state index contributed by atoms with van der Waals surface area (Å²) in [7, 11) is 0. The van der Waals surface area contributed by atoms with Crippen molar-refractivity contribution in [3.05, 3.63) is 0 Å². The number of rotatable bonds is 5. The van der Waals surface area contributed by atoms with Crippen molar-refractivity contribution in [1.82, 2.24) is 4.90 Å². The first kappa shape index (κ1) is 14.5. The number of likely N-dealkylation sites (tertiary alicyclic amines) is 1. The summed E-state index contributed by atoms with van der Waals surface area (Å²) in [6, 6.07) is 0. The summed E-state index contributed by atoms with van der Waals surface area (Å²) in [4.78, 5) is 2.41. The predicted molar refractivity (Wildman–Crippen MR) is 83.2 cm³/mol. The van der Waals surface area contributed by atoms with Crippen LogP contribution >= 0.6 is 0 Å². The molecule has 0 aromatic heterocycles. The lowest BCUT2D eigenvalue weighted by molar-refractivity contribution is -0.176. The van der Waals surface area contributed by atoms with Crippen LogP contribution in [0.5, 0.6) is 0 Å². The zero-order valence-corrected chi connectivity index (χ0v) is 13.3. The van der Waals surface area contributed by atoms with E-state index in [0.29, 0.717) is 6.61 Å².